The molecule has 44 heavy (non-hydrogen) atoms. The van der Waals surface area contributed by atoms with Gasteiger partial charge >= 0.3 is 12.1 Å². The number of aliphatic carboxylic acids is 1. The van der Waals surface area contributed by atoms with E-state index in [4.69, 9.17) is 4.74 Å². The molecule has 3 N–H and O–H groups in total. The zero-order valence-corrected chi connectivity index (χ0v) is 25.5. The van der Waals surface area contributed by atoms with Gasteiger partial charge in [0.2, 0.25) is 5.91 Å². The number of halogens is 1. The number of anilines is 1. The van der Waals surface area contributed by atoms with Crippen molar-refractivity contribution in [1.82, 2.24) is 25.1 Å². The molecule has 1 aliphatic heterocycles. The number of piperazine rings is 1. The number of hydrogen-bond donors (Lipinski definition) is 3. The molecule has 3 amide bonds. The lowest BCUT2D eigenvalue weighted by Crippen LogP contribution is -2.56. The summed E-state index contributed by atoms with van der Waals surface area (Å²) in [7, 11) is 0. The first kappa shape index (κ1) is 33.8. The summed E-state index contributed by atoms with van der Waals surface area (Å²) in [4.78, 5) is 62.6. The van der Waals surface area contributed by atoms with E-state index in [1.165, 1.54) is 15.9 Å². The maximum atomic E-state index is 13.6. The summed E-state index contributed by atoms with van der Waals surface area (Å²) in [5, 5.41) is 15.3. The van der Waals surface area contributed by atoms with Gasteiger partial charge in [-0.25, -0.2) is 14.8 Å². The van der Waals surface area contributed by atoms with Crippen LogP contribution in [0.15, 0.2) is 66.7 Å². The van der Waals surface area contributed by atoms with Crippen molar-refractivity contribution in [2.45, 2.75) is 38.8 Å². The average molecular weight is 625 g/mol. The van der Waals surface area contributed by atoms with E-state index in [1.54, 1.807) is 6.92 Å². The molecule has 0 saturated carbocycles. The van der Waals surface area contributed by atoms with E-state index in [0.717, 1.165) is 5.56 Å². The molecule has 13 heteroatoms. The topological polar surface area (TPSA) is 154 Å². The van der Waals surface area contributed by atoms with Gasteiger partial charge in [-0.15, -0.1) is 12.4 Å². The Morgan fingerprint density at radius 3 is 2.16 bits per heavy atom. The maximum Gasteiger partial charge on any atom is 0.409 e. The second-order valence-electron chi connectivity index (χ2n) is 10.1. The van der Waals surface area contributed by atoms with Gasteiger partial charge in [0.25, 0.3) is 5.91 Å². The molecule has 1 saturated heterocycles. The molecule has 1 aliphatic rings. The molecule has 0 aliphatic carbocycles. The van der Waals surface area contributed by atoms with Crippen molar-refractivity contribution in [2.75, 3.05) is 38.1 Å². The van der Waals surface area contributed by atoms with Crippen LogP contribution < -0.4 is 10.6 Å². The minimum absolute atomic E-state index is 0. The molecule has 2 heterocycles. The molecule has 1 fully saturated rings. The summed E-state index contributed by atoms with van der Waals surface area (Å²) in [6.45, 7) is 4.94. The summed E-state index contributed by atoms with van der Waals surface area (Å²) in [6.07, 6.45) is -0.876. The van der Waals surface area contributed by atoms with Crippen LogP contribution in [0.25, 0.3) is 11.4 Å². The van der Waals surface area contributed by atoms with E-state index in [2.05, 4.69) is 20.6 Å². The highest BCUT2D eigenvalue weighted by Gasteiger charge is 2.31. The van der Waals surface area contributed by atoms with Gasteiger partial charge in [0, 0.05) is 50.3 Å². The van der Waals surface area contributed by atoms with Crippen molar-refractivity contribution in [3.8, 4) is 11.4 Å². The molecule has 234 valence electrons. The van der Waals surface area contributed by atoms with Crippen LogP contribution in [0.5, 0.6) is 0 Å². The maximum absolute atomic E-state index is 13.6. The first-order chi connectivity index (χ1) is 20.7. The standard InChI is InChI=1S/C31H36N6O6.ClH/c1-3-43-31(42)37-18-16-36(17-19-37)30(41)24(14-15-27(38)39)34-29(40)25-20-26(32-21(2)22-10-6-4-7-11-22)35-28(33-25)23-12-8-5-9-13-23;/h4-13,20-21,24H,3,14-19H2,1-2H3,(H,34,40)(H,38,39)(H,32,33,35);1H/t21-,24?;/m1./s1. The van der Waals surface area contributed by atoms with Gasteiger partial charge in [-0.1, -0.05) is 60.7 Å². The number of ether oxygens (including phenoxy) is 1. The number of nitrogens with zero attached hydrogens (tertiary/aromatic N) is 4. The van der Waals surface area contributed by atoms with Crippen LogP contribution in [-0.2, 0) is 14.3 Å². The second kappa shape index (κ2) is 16.2. The zero-order chi connectivity index (χ0) is 30.8. The van der Waals surface area contributed by atoms with E-state index in [-0.39, 0.29) is 69.8 Å². The number of carboxylic acids is 1. The molecule has 0 radical (unpaired) electrons. The zero-order valence-electron chi connectivity index (χ0n) is 24.6. The lowest BCUT2D eigenvalue weighted by molar-refractivity contribution is -0.138. The normalized spacial score (nSPS) is 14.0. The number of carboxylic acid groups (broad SMARTS) is 1. The van der Waals surface area contributed by atoms with Gasteiger partial charge in [-0.3, -0.25) is 14.4 Å². The van der Waals surface area contributed by atoms with Crippen molar-refractivity contribution in [2.24, 2.45) is 0 Å². The SMILES string of the molecule is CCOC(=O)N1CCN(C(=O)C(CCC(=O)O)NC(=O)c2cc(N[C@H](C)c3ccccc3)nc(-c3ccccc3)n2)CC1.Cl. The van der Waals surface area contributed by atoms with E-state index >= 15 is 0 Å². The summed E-state index contributed by atoms with van der Waals surface area (Å²) in [5.41, 5.74) is 1.75. The Morgan fingerprint density at radius 1 is 0.932 bits per heavy atom. The fourth-order valence-electron chi connectivity index (χ4n) is 4.70. The molecule has 12 nitrogen and oxygen atoms in total. The number of aromatic nitrogens is 2. The molecule has 0 bridgehead atoms. The third kappa shape index (κ3) is 9.14. The Hall–Kier alpha value is -4.71. The number of hydrogen-bond acceptors (Lipinski definition) is 8. The number of carbonyl (C=O) groups is 4. The van der Waals surface area contributed by atoms with Gasteiger partial charge in [0.05, 0.1) is 6.61 Å². The van der Waals surface area contributed by atoms with Crippen LogP contribution in [0.4, 0.5) is 10.6 Å². The van der Waals surface area contributed by atoms with Gasteiger partial charge in [0.1, 0.15) is 17.6 Å². The monoisotopic (exact) mass is 624 g/mol. The third-order valence-electron chi connectivity index (χ3n) is 7.02. The number of rotatable bonds is 11. The van der Waals surface area contributed by atoms with Gasteiger partial charge in [-0.05, 0) is 25.8 Å². The van der Waals surface area contributed by atoms with Crippen LogP contribution in [0.3, 0.4) is 0 Å². The Labute approximate surface area is 262 Å². The Bertz CT molecular complexity index is 1420. The smallest absolute Gasteiger partial charge is 0.409 e. The Kier molecular flexibility index (Phi) is 12.5. The van der Waals surface area contributed by atoms with Crippen molar-refractivity contribution in [1.29, 1.82) is 0 Å². The van der Waals surface area contributed by atoms with Gasteiger partial charge in [-0.2, -0.15) is 0 Å². The first-order valence-corrected chi connectivity index (χ1v) is 14.2. The van der Waals surface area contributed by atoms with Crippen molar-refractivity contribution < 1.29 is 29.0 Å². The highest BCUT2D eigenvalue weighted by atomic mass is 35.5. The molecule has 0 spiro atoms. The van der Waals surface area contributed by atoms with E-state index < -0.39 is 29.9 Å². The molecule has 4 rings (SSSR count). The molecule has 3 aromatic rings. The van der Waals surface area contributed by atoms with Crippen LogP contribution >= 0.6 is 12.4 Å². The number of amides is 3. The molecule has 2 aromatic carbocycles. The first-order valence-electron chi connectivity index (χ1n) is 14.2. The third-order valence-corrected chi connectivity index (χ3v) is 7.02. The highest BCUT2D eigenvalue weighted by Crippen LogP contribution is 2.22. The Balaban J connectivity index is 0.00000529. The predicted molar refractivity (Wildman–Crippen MR) is 166 cm³/mol. The fourth-order valence-corrected chi connectivity index (χ4v) is 4.70. The van der Waals surface area contributed by atoms with Crippen LogP contribution in [-0.4, -0.2) is 87.6 Å². The van der Waals surface area contributed by atoms with E-state index in [0.29, 0.717) is 17.2 Å². The highest BCUT2D eigenvalue weighted by molar-refractivity contribution is 5.97. The van der Waals surface area contributed by atoms with Crippen molar-refractivity contribution in [3.63, 3.8) is 0 Å². The summed E-state index contributed by atoms with van der Waals surface area (Å²) in [6, 6.07) is 19.2. The minimum atomic E-state index is -1.10. The van der Waals surface area contributed by atoms with Crippen LogP contribution in [0.2, 0.25) is 0 Å². The van der Waals surface area contributed by atoms with Gasteiger partial charge < -0.3 is 30.3 Å². The lowest BCUT2D eigenvalue weighted by Gasteiger charge is -2.35. The largest absolute Gasteiger partial charge is 0.481 e. The average Bonchev–Trinajstić information content (AvgIpc) is 3.03. The van der Waals surface area contributed by atoms with E-state index in [1.807, 2.05) is 67.6 Å². The number of benzene rings is 2. The molecular formula is C31H37ClN6O6. The summed E-state index contributed by atoms with van der Waals surface area (Å²) < 4.78 is 5.04. The van der Waals surface area contributed by atoms with E-state index in [9.17, 15) is 24.3 Å². The molecular weight excluding hydrogens is 588 g/mol. The summed E-state index contributed by atoms with van der Waals surface area (Å²) >= 11 is 0. The number of nitrogens with one attached hydrogen (secondary N) is 2. The minimum Gasteiger partial charge on any atom is -0.481 e. The molecule has 1 unspecified atom stereocenters. The lowest BCUT2D eigenvalue weighted by atomic mass is 10.1. The second-order valence-corrected chi connectivity index (χ2v) is 10.1. The quantitative estimate of drug-likeness (QED) is 0.287. The predicted octanol–water partition coefficient (Wildman–Crippen LogP) is 4.00. The van der Waals surface area contributed by atoms with Crippen LogP contribution in [0, 0.1) is 0 Å². The van der Waals surface area contributed by atoms with Gasteiger partial charge in [0.15, 0.2) is 5.82 Å². The summed E-state index contributed by atoms with van der Waals surface area (Å²) in [5.74, 6) is -1.41. The Morgan fingerprint density at radius 2 is 1.55 bits per heavy atom. The molecule has 2 atom stereocenters. The number of carbonyl (C=O) groups excluding carboxylic acids is 3. The fraction of sp³-hybridized carbons (Fsp3) is 0.355. The van der Waals surface area contributed by atoms with Crippen molar-refractivity contribution >= 4 is 42.1 Å². The van der Waals surface area contributed by atoms with Crippen LogP contribution in [0.1, 0.15) is 48.8 Å². The molecule has 1 aromatic heterocycles. The van der Waals surface area contributed by atoms with Crippen molar-refractivity contribution in [3.05, 3.63) is 78.0 Å².